The molecule has 0 amide bonds. The molecule has 1 aliphatic rings. The van der Waals surface area contributed by atoms with Crippen molar-refractivity contribution in [3.8, 4) is 0 Å². The van der Waals surface area contributed by atoms with Gasteiger partial charge in [0.2, 0.25) is 0 Å². The number of pyridine rings is 1. The van der Waals surface area contributed by atoms with Crippen molar-refractivity contribution in [3.63, 3.8) is 0 Å². The van der Waals surface area contributed by atoms with Crippen LogP contribution in [0.25, 0.3) is 0 Å². The molecule has 0 atom stereocenters. The van der Waals surface area contributed by atoms with Gasteiger partial charge in [-0.15, -0.1) is 0 Å². The quantitative estimate of drug-likeness (QED) is 0.822. The number of aromatic nitrogens is 3. The molecule has 0 fully saturated rings. The lowest BCUT2D eigenvalue weighted by Gasteiger charge is -2.28. The van der Waals surface area contributed by atoms with Gasteiger partial charge in [0.05, 0.1) is 0 Å². The van der Waals surface area contributed by atoms with E-state index in [9.17, 15) is 0 Å². The zero-order valence-electron chi connectivity index (χ0n) is 11.4. The number of fused-ring (bicyclic) bond motifs is 1. The van der Waals surface area contributed by atoms with Crippen molar-refractivity contribution in [2.24, 2.45) is 0 Å². The molecule has 1 aliphatic heterocycles. The van der Waals surface area contributed by atoms with Crippen molar-refractivity contribution in [1.29, 1.82) is 0 Å². The molecular formula is C15H18N4. The van der Waals surface area contributed by atoms with Crippen molar-refractivity contribution >= 4 is 0 Å². The maximum Gasteiger partial charge on any atom is 0.125 e. The summed E-state index contributed by atoms with van der Waals surface area (Å²) in [5, 5.41) is 0. The van der Waals surface area contributed by atoms with E-state index in [0.717, 1.165) is 31.9 Å². The van der Waals surface area contributed by atoms with E-state index < -0.39 is 0 Å². The number of hydrogen-bond acceptors (Lipinski definition) is 4. The Hall–Kier alpha value is -1.81. The minimum absolute atomic E-state index is 0.871. The Morgan fingerprint density at radius 2 is 2.16 bits per heavy atom. The summed E-state index contributed by atoms with van der Waals surface area (Å²) >= 11 is 0. The van der Waals surface area contributed by atoms with Gasteiger partial charge in [0.25, 0.3) is 0 Å². The van der Waals surface area contributed by atoms with Gasteiger partial charge >= 0.3 is 0 Å². The van der Waals surface area contributed by atoms with Gasteiger partial charge in [-0.2, -0.15) is 0 Å². The largest absolute Gasteiger partial charge is 0.294 e. The summed E-state index contributed by atoms with van der Waals surface area (Å²) in [4.78, 5) is 15.5. The molecule has 0 saturated carbocycles. The second-order valence-corrected chi connectivity index (χ2v) is 5.15. The van der Waals surface area contributed by atoms with Gasteiger partial charge in [-0.1, -0.05) is 0 Å². The van der Waals surface area contributed by atoms with Crippen LogP contribution in [0.1, 0.15) is 28.2 Å². The predicted octanol–water partition coefficient (Wildman–Crippen LogP) is 2.05. The molecule has 0 spiro atoms. The third-order valence-electron chi connectivity index (χ3n) is 3.67. The minimum Gasteiger partial charge on any atom is -0.294 e. The first-order valence-electron chi connectivity index (χ1n) is 6.65. The topological polar surface area (TPSA) is 41.9 Å². The third kappa shape index (κ3) is 2.63. The Bertz CT molecular complexity index is 594. The smallest absolute Gasteiger partial charge is 0.125 e. The van der Waals surface area contributed by atoms with Crippen LogP contribution < -0.4 is 0 Å². The summed E-state index contributed by atoms with van der Waals surface area (Å²) in [5.41, 5.74) is 5.09. The molecule has 4 nitrogen and oxygen atoms in total. The average molecular weight is 254 g/mol. The van der Waals surface area contributed by atoms with E-state index in [1.807, 2.05) is 25.5 Å². The molecule has 0 saturated heterocycles. The van der Waals surface area contributed by atoms with E-state index in [-0.39, 0.29) is 0 Å². The fraction of sp³-hybridized carbons (Fsp3) is 0.400. The highest BCUT2D eigenvalue weighted by molar-refractivity contribution is 5.23. The van der Waals surface area contributed by atoms with Gasteiger partial charge in [0.1, 0.15) is 5.82 Å². The molecule has 2 aromatic rings. The van der Waals surface area contributed by atoms with Gasteiger partial charge in [0, 0.05) is 55.9 Å². The molecule has 0 aliphatic carbocycles. The second kappa shape index (κ2) is 5.05. The fourth-order valence-corrected chi connectivity index (χ4v) is 2.51. The molecule has 3 heterocycles. The lowest BCUT2D eigenvalue weighted by molar-refractivity contribution is 0.242. The zero-order chi connectivity index (χ0) is 13.2. The lowest BCUT2D eigenvalue weighted by Crippen LogP contribution is -2.31. The first kappa shape index (κ1) is 12.2. The molecular weight excluding hydrogens is 236 g/mol. The highest BCUT2D eigenvalue weighted by Crippen LogP contribution is 2.19. The van der Waals surface area contributed by atoms with Crippen molar-refractivity contribution in [2.75, 3.05) is 6.54 Å². The van der Waals surface area contributed by atoms with Crippen LogP contribution in [-0.4, -0.2) is 26.4 Å². The third-order valence-corrected chi connectivity index (χ3v) is 3.67. The van der Waals surface area contributed by atoms with Crippen LogP contribution in [0.5, 0.6) is 0 Å². The van der Waals surface area contributed by atoms with Crippen molar-refractivity contribution in [2.45, 2.75) is 33.4 Å². The predicted molar refractivity (Wildman–Crippen MR) is 73.6 cm³/mol. The SMILES string of the molecule is Cc1ncc2c(n1)CCN(Cc1cnccc1C)C2. The monoisotopic (exact) mass is 254 g/mol. The number of rotatable bonds is 2. The van der Waals surface area contributed by atoms with Gasteiger partial charge in [-0.05, 0) is 31.0 Å². The Morgan fingerprint density at radius 3 is 3.00 bits per heavy atom. The molecule has 0 unspecified atom stereocenters. The van der Waals surface area contributed by atoms with E-state index in [0.29, 0.717) is 0 Å². The maximum absolute atomic E-state index is 4.52. The van der Waals surface area contributed by atoms with Crippen molar-refractivity contribution in [1.82, 2.24) is 19.9 Å². The molecule has 0 bridgehead atoms. The molecule has 0 radical (unpaired) electrons. The summed E-state index contributed by atoms with van der Waals surface area (Å²) in [6.07, 6.45) is 6.80. The second-order valence-electron chi connectivity index (χ2n) is 5.15. The Balaban J connectivity index is 1.76. The van der Waals surface area contributed by atoms with Crippen LogP contribution in [0.3, 0.4) is 0 Å². The number of aryl methyl sites for hydroxylation is 2. The highest BCUT2D eigenvalue weighted by Gasteiger charge is 2.18. The van der Waals surface area contributed by atoms with E-state index in [1.54, 1.807) is 0 Å². The first-order chi connectivity index (χ1) is 9.22. The molecule has 19 heavy (non-hydrogen) atoms. The summed E-state index contributed by atoms with van der Waals surface area (Å²) in [6.45, 7) is 7.03. The molecule has 3 rings (SSSR count). The van der Waals surface area contributed by atoms with Crippen LogP contribution in [0, 0.1) is 13.8 Å². The molecule has 4 heteroatoms. The first-order valence-corrected chi connectivity index (χ1v) is 6.65. The van der Waals surface area contributed by atoms with Crippen LogP contribution >= 0.6 is 0 Å². The lowest BCUT2D eigenvalue weighted by atomic mass is 10.1. The van der Waals surface area contributed by atoms with Gasteiger partial charge < -0.3 is 0 Å². The standard InChI is InChI=1S/C15H18N4/c1-11-3-5-16-7-13(11)9-19-6-4-15-14(10-19)8-17-12(2)18-15/h3,5,7-8H,4,6,9-10H2,1-2H3. The van der Waals surface area contributed by atoms with E-state index >= 15 is 0 Å². The number of hydrogen-bond donors (Lipinski definition) is 0. The van der Waals surface area contributed by atoms with Crippen LogP contribution in [-0.2, 0) is 19.5 Å². The normalized spacial score (nSPS) is 15.3. The summed E-state index contributed by atoms with van der Waals surface area (Å²) in [5.74, 6) is 0.871. The molecule has 2 aromatic heterocycles. The highest BCUT2D eigenvalue weighted by atomic mass is 15.1. The van der Waals surface area contributed by atoms with Gasteiger partial charge in [-0.25, -0.2) is 9.97 Å². The molecule has 0 N–H and O–H groups in total. The van der Waals surface area contributed by atoms with Crippen LogP contribution in [0.15, 0.2) is 24.7 Å². The van der Waals surface area contributed by atoms with Gasteiger partial charge in [-0.3, -0.25) is 9.88 Å². The van der Waals surface area contributed by atoms with Crippen molar-refractivity contribution < 1.29 is 0 Å². The van der Waals surface area contributed by atoms with Crippen LogP contribution in [0.2, 0.25) is 0 Å². The zero-order valence-corrected chi connectivity index (χ0v) is 11.4. The molecule has 0 aromatic carbocycles. The van der Waals surface area contributed by atoms with E-state index in [2.05, 4.69) is 32.8 Å². The van der Waals surface area contributed by atoms with E-state index in [1.165, 1.54) is 22.4 Å². The number of nitrogens with zero attached hydrogens (tertiary/aromatic N) is 4. The Kier molecular flexibility index (Phi) is 3.25. The fourth-order valence-electron chi connectivity index (χ4n) is 2.51. The summed E-state index contributed by atoms with van der Waals surface area (Å²) in [6, 6.07) is 2.07. The van der Waals surface area contributed by atoms with Crippen LogP contribution in [0.4, 0.5) is 0 Å². The molecule has 98 valence electrons. The Morgan fingerprint density at radius 1 is 1.26 bits per heavy atom. The minimum atomic E-state index is 0.871. The van der Waals surface area contributed by atoms with E-state index in [4.69, 9.17) is 0 Å². The Labute approximate surface area is 113 Å². The van der Waals surface area contributed by atoms with Gasteiger partial charge in [0.15, 0.2) is 0 Å². The summed E-state index contributed by atoms with van der Waals surface area (Å²) in [7, 11) is 0. The summed E-state index contributed by atoms with van der Waals surface area (Å²) < 4.78 is 0. The average Bonchev–Trinajstić information content (AvgIpc) is 2.41. The van der Waals surface area contributed by atoms with Crippen molar-refractivity contribution in [3.05, 3.63) is 52.9 Å². The maximum atomic E-state index is 4.52.